The van der Waals surface area contributed by atoms with Crippen molar-refractivity contribution in [2.24, 2.45) is 11.7 Å². The van der Waals surface area contributed by atoms with Crippen LogP contribution in [-0.2, 0) is 4.79 Å². The van der Waals surface area contributed by atoms with Crippen LogP contribution in [0, 0.1) is 5.92 Å². The van der Waals surface area contributed by atoms with Crippen molar-refractivity contribution >= 4 is 5.91 Å². The first kappa shape index (κ1) is 14.1. The second-order valence-corrected chi connectivity index (χ2v) is 5.52. The van der Waals surface area contributed by atoms with Gasteiger partial charge < -0.3 is 11.1 Å². The molecule has 19 heavy (non-hydrogen) atoms. The summed E-state index contributed by atoms with van der Waals surface area (Å²) in [4.78, 5) is 12.1. The first-order chi connectivity index (χ1) is 9.20. The molecule has 2 atom stereocenters. The van der Waals surface area contributed by atoms with Crippen LogP contribution < -0.4 is 11.1 Å². The number of carbonyl (C=O) groups excluding carboxylic acids is 1. The second kappa shape index (κ2) is 6.71. The summed E-state index contributed by atoms with van der Waals surface area (Å²) in [5, 5.41) is 3.13. The van der Waals surface area contributed by atoms with Crippen molar-refractivity contribution in [3.05, 3.63) is 35.9 Å². The maximum Gasteiger partial charge on any atom is 0.222 e. The molecule has 0 radical (unpaired) electrons. The summed E-state index contributed by atoms with van der Waals surface area (Å²) in [6.45, 7) is 2.14. The van der Waals surface area contributed by atoms with Crippen LogP contribution in [0.2, 0.25) is 0 Å². The molecule has 0 heterocycles. The highest BCUT2D eigenvalue weighted by atomic mass is 16.1. The van der Waals surface area contributed by atoms with Crippen LogP contribution in [-0.4, -0.2) is 11.9 Å². The minimum absolute atomic E-state index is 0.0399. The fourth-order valence-electron chi connectivity index (χ4n) is 2.45. The van der Waals surface area contributed by atoms with E-state index < -0.39 is 0 Å². The summed E-state index contributed by atoms with van der Waals surface area (Å²) in [6.07, 6.45) is 4.84. The first-order valence-corrected chi connectivity index (χ1v) is 7.30. The standard InChI is InChI=1S/C16H24N2O/c1-2-6-15(13-7-4-3-5-8-13)18-16(19)11-14(17)12-9-10-12/h3-5,7-8,12,14-15H,2,6,9-11,17H2,1H3,(H,18,19). The lowest BCUT2D eigenvalue weighted by Crippen LogP contribution is -2.35. The number of benzene rings is 1. The van der Waals surface area contributed by atoms with Gasteiger partial charge in [0.2, 0.25) is 5.91 Å². The normalized spacial score (nSPS) is 17.8. The summed E-state index contributed by atoms with van der Waals surface area (Å²) in [5.74, 6) is 0.661. The van der Waals surface area contributed by atoms with Gasteiger partial charge in [0.1, 0.15) is 0 Å². The lowest BCUT2D eigenvalue weighted by atomic mass is 10.0. The van der Waals surface area contributed by atoms with Crippen molar-refractivity contribution in [1.29, 1.82) is 0 Å². The van der Waals surface area contributed by atoms with Crippen molar-refractivity contribution in [2.75, 3.05) is 0 Å². The number of nitrogens with two attached hydrogens (primary N) is 1. The minimum atomic E-state index is 0.0399. The zero-order valence-electron chi connectivity index (χ0n) is 11.6. The van der Waals surface area contributed by atoms with E-state index in [1.807, 2.05) is 18.2 Å². The van der Waals surface area contributed by atoms with Crippen molar-refractivity contribution in [2.45, 2.75) is 51.1 Å². The molecule has 1 fully saturated rings. The fraction of sp³-hybridized carbons (Fsp3) is 0.562. The molecule has 1 amide bonds. The Morgan fingerprint density at radius 1 is 1.37 bits per heavy atom. The Bertz CT molecular complexity index is 400. The van der Waals surface area contributed by atoms with Gasteiger partial charge in [-0.05, 0) is 30.7 Å². The molecule has 0 aliphatic heterocycles. The number of carbonyl (C=O) groups is 1. The molecule has 0 bridgehead atoms. The molecule has 1 aliphatic rings. The molecule has 2 unspecified atom stereocenters. The quantitative estimate of drug-likeness (QED) is 0.792. The van der Waals surface area contributed by atoms with Crippen LogP contribution in [0.25, 0.3) is 0 Å². The van der Waals surface area contributed by atoms with E-state index in [0.29, 0.717) is 12.3 Å². The molecule has 1 aromatic carbocycles. The number of amides is 1. The van der Waals surface area contributed by atoms with E-state index in [1.165, 1.54) is 18.4 Å². The van der Waals surface area contributed by atoms with Gasteiger partial charge in [0.15, 0.2) is 0 Å². The van der Waals surface area contributed by atoms with Gasteiger partial charge in [-0.3, -0.25) is 4.79 Å². The predicted octanol–water partition coefficient (Wildman–Crippen LogP) is 2.77. The van der Waals surface area contributed by atoms with Gasteiger partial charge >= 0.3 is 0 Å². The smallest absolute Gasteiger partial charge is 0.222 e. The van der Waals surface area contributed by atoms with E-state index in [4.69, 9.17) is 5.73 Å². The lowest BCUT2D eigenvalue weighted by molar-refractivity contribution is -0.122. The Morgan fingerprint density at radius 3 is 2.63 bits per heavy atom. The third-order valence-electron chi connectivity index (χ3n) is 3.76. The first-order valence-electron chi connectivity index (χ1n) is 7.30. The van der Waals surface area contributed by atoms with Crippen LogP contribution in [0.4, 0.5) is 0 Å². The Labute approximate surface area is 115 Å². The molecule has 0 aromatic heterocycles. The van der Waals surface area contributed by atoms with E-state index in [0.717, 1.165) is 12.8 Å². The summed E-state index contributed by atoms with van der Waals surface area (Å²) in [7, 11) is 0. The molecule has 3 N–H and O–H groups in total. The molecule has 2 rings (SSSR count). The van der Waals surface area contributed by atoms with Gasteiger partial charge in [0.05, 0.1) is 6.04 Å². The third kappa shape index (κ3) is 4.35. The lowest BCUT2D eigenvalue weighted by Gasteiger charge is -2.20. The monoisotopic (exact) mass is 260 g/mol. The second-order valence-electron chi connectivity index (χ2n) is 5.52. The molecular weight excluding hydrogens is 236 g/mol. The minimum Gasteiger partial charge on any atom is -0.349 e. The van der Waals surface area contributed by atoms with Crippen molar-refractivity contribution in [1.82, 2.24) is 5.32 Å². The predicted molar refractivity (Wildman–Crippen MR) is 77.6 cm³/mol. The van der Waals surface area contributed by atoms with Gasteiger partial charge in [0, 0.05) is 12.5 Å². The van der Waals surface area contributed by atoms with Gasteiger partial charge in [0.25, 0.3) is 0 Å². The summed E-state index contributed by atoms with van der Waals surface area (Å²) < 4.78 is 0. The van der Waals surface area contributed by atoms with Crippen LogP contribution in [0.1, 0.15) is 50.6 Å². The van der Waals surface area contributed by atoms with E-state index in [2.05, 4.69) is 24.4 Å². The third-order valence-corrected chi connectivity index (χ3v) is 3.76. The van der Waals surface area contributed by atoms with Crippen molar-refractivity contribution in [3.63, 3.8) is 0 Å². The average Bonchev–Trinajstić information content (AvgIpc) is 3.23. The van der Waals surface area contributed by atoms with Gasteiger partial charge in [-0.1, -0.05) is 43.7 Å². The topological polar surface area (TPSA) is 55.1 Å². The Morgan fingerprint density at radius 2 is 2.05 bits per heavy atom. The Kier molecular flexibility index (Phi) is 4.97. The summed E-state index contributed by atoms with van der Waals surface area (Å²) in [6, 6.07) is 10.3. The van der Waals surface area contributed by atoms with Crippen molar-refractivity contribution < 1.29 is 4.79 Å². The number of nitrogens with one attached hydrogen (secondary N) is 1. The molecule has 0 saturated heterocycles. The molecule has 3 nitrogen and oxygen atoms in total. The fourth-order valence-corrected chi connectivity index (χ4v) is 2.45. The molecular formula is C16H24N2O. The van der Waals surface area contributed by atoms with E-state index in [9.17, 15) is 4.79 Å². The van der Waals surface area contributed by atoms with Crippen LogP contribution in [0.15, 0.2) is 30.3 Å². The van der Waals surface area contributed by atoms with Gasteiger partial charge in [-0.25, -0.2) is 0 Å². The maximum atomic E-state index is 12.1. The SMILES string of the molecule is CCCC(NC(=O)CC(N)C1CC1)c1ccccc1. The van der Waals surface area contributed by atoms with Crippen molar-refractivity contribution in [3.8, 4) is 0 Å². The summed E-state index contributed by atoms with van der Waals surface area (Å²) in [5.41, 5.74) is 7.19. The van der Waals surface area contributed by atoms with Crippen LogP contribution in [0.3, 0.4) is 0 Å². The van der Waals surface area contributed by atoms with E-state index >= 15 is 0 Å². The Hall–Kier alpha value is -1.35. The maximum absolute atomic E-state index is 12.1. The zero-order chi connectivity index (χ0) is 13.7. The molecule has 3 heteroatoms. The largest absolute Gasteiger partial charge is 0.349 e. The number of rotatable bonds is 7. The summed E-state index contributed by atoms with van der Waals surface area (Å²) >= 11 is 0. The highest BCUT2D eigenvalue weighted by Gasteiger charge is 2.30. The van der Waals surface area contributed by atoms with Crippen LogP contribution >= 0.6 is 0 Å². The molecule has 1 aromatic rings. The average molecular weight is 260 g/mol. The molecule has 1 saturated carbocycles. The highest BCUT2D eigenvalue weighted by molar-refractivity contribution is 5.77. The van der Waals surface area contributed by atoms with Gasteiger partial charge in [-0.15, -0.1) is 0 Å². The number of hydrogen-bond acceptors (Lipinski definition) is 2. The molecule has 1 aliphatic carbocycles. The molecule has 0 spiro atoms. The number of hydrogen-bond donors (Lipinski definition) is 2. The highest BCUT2D eigenvalue weighted by Crippen LogP contribution is 2.32. The molecule has 104 valence electrons. The zero-order valence-corrected chi connectivity index (χ0v) is 11.6. The van der Waals surface area contributed by atoms with Crippen LogP contribution in [0.5, 0.6) is 0 Å². The Balaban J connectivity index is 1.90. The van der Waals surface area contributed by atoms with E-state index in [-0.39, 0.29) is 18.0 Å². The van der Waals surface area contributed by atoms with E-state index in [1.54, 1.807) is 0 Å². The van der Waals surface area contributed by atoms with Gasteiger partial charge in [-0.2, -0.15) is 0 Å².